The van der Waals surface area contributed by atoms with E-state index < -0.39 is 0 Å². The largest absolute Gasteiger partial charge is 0.391 e. The van der Waals surface area contributed by atoms with Crippen LogP contribution in [-0.2, 0) is 0 Å². The monoisotopic (exact) mass is 255 g/mol. The van der Waals surface area contributed by atoms with Crippen LogP contribution in [0.4, 0.5) is 0 Å². The summed E-state index contributed by atoms with van der Waals surface area (Å²) in [5.41, 5.74) is 1.05. The van der Waals surface area contributed by atoms with Gasteiger partial charge < -0.3 is 10.4 Å². The van der Waals surface area contributed by atoms with Gasteiger partial charge in [0.05, 0.1) is 6.10 Å². The molecular formula is C12H21N3OS. The topological polar surface area (TPSA) is 58.0 Å². The van der Waals surface area contributed by atoms with Crippen LogP contribution in [0, 0.1) is 12.8 Å². The van der Waals surface area contributed by atoms with Crippen LogP contribution in [0.15, 0.2) is 17.6 Å². The van der Waals surface area contributed by atoms with Gasteiger partial charge in [0.25, 0.3) is 0 Å². The fourth-order valence-corrected chi connectivity index (χ4v) is 1.94. The molecule has 0 spiro atoms. The highest BCUT2D eigenvalue weighted by atomic mass is 32.2. The van der Waals surface area contributed by atoms with Gasteiger partial charge in [-0.3, -0.25) is 0 Å². The minimum Gasteiger partial charge on any atom is -0.391 e. The lowest BCUT2D eigenvalue weighted by atomic mass is 10.2. The molecule has 0 aromatic carbocycles. The molecular weight excluding hydrogens is 234 g/mol. The first kappa shape index (κ1) is 14.4. The van der Waals surface area contributed by atoms with E-state index in [4.69, 9.17) is 0 Å². The minimum atomic E-state index is -0.358. The first-order valence-corrected chi connectivity index (χ1v) is 6.86. The summed E-state index contributed by atoms with van der Waals surface area (Å²) in [4.78, 5) is 8.36. The highest BCUT2D eigenvalue weighted by Crippen LogP contribution is 2.12. The van der Waals surface area contributed by atoms with Crippen molar-refractivity contribution in [1.29, 1.82) is 0 Å². The van der Waals surface area contributed by atoms with Gasteiger partial charge in [0.2, 0.25) is 0 Å². The van der Waals surface area contributed by atoms with E-state index in [2.05, 4.69) is 29.1 Å². The molecule has 0 saturated carbocycles. The van der Waals surface area contributed by atoms with Crippen molar-refractivity contribution in [3.63, 3.8) is 0 Å². The summed E-state index contributed by atoms with van der Waals surface area (Å²) < 4.78 is 0. The van der Waals surface area contributed by atoms with Crippen molar-refractivity contribution in [1.82, 2.24) is 15.3 Å². The standard InChI is InChI=1S/C12H21N3OS/c1-9(2)4-13-7-11(16)8-17-12-14-5-10(3)6-15-12/h5-6,9,11,13,16H,4,7-8H2,1-3H3. The van der Waals surface area contributed by atoms with Crippen molar-refractivity contribution in [2.75, 3.05) is 18.8 Å². The second-order valence-corrected chi connectivity index (χ2v) is 5.55. The zero-order valence-corrected chi connectivity index (χ0v) is 11.5. The number of nitrogens with one attached hydrogen (secondary N) is 1. The molecule has 0 radical (unpaired) electrons. The van der Waals surface area contributed by atoms with Gasteiger partial charge in [0.1, 0.15) is 0 Å². The van der Waals surface area contributed by atoms with Gasteiger partial charge in [-0.05, 0) is 24.9 Å². The Bertz CT molecular complexity index is 316. The van der Waals surface area contributed by atoms with Crippen molar-refractivity contribution < 1.29 is 5.11 Å². The van der Waals surface area contributed by atoms with Crippen molar-refractivity contribution >= 4 is 11.8 Å². The maximum Gasteiger partial charge on any atom is 0.187 e. The fraction of sp³-hybridized carbons (Fsp3) is 0.667. The van der Waals surface area contributed by atoms with Crippen molar-refractivity contribution in [2.45, 2.75) is 32.0 Å². The lowest BCUT2D eigenvalue weighted by molar-refractivity contribution is 0.194. The Balaban J connectivity index is 2.19. The van der Waals surface area contributed by atoms with Gasteiger partial charge in [-0.1, -0.05) is 25.6 Å². The van der Waals surface area contributed by atoms with E-state index in [0.717, 1.165) is 17.3 Å². The maximum absolute atomic E-state index is 9.74. The Morgan fingerprint density at radius 3 is 2.53 bits per heavy atom. The molecule has 1 heterocycles. The molecule has 0 aliphatic rings. The van der Waals surface area contributed by atoms with Crippen LogP contribution in [0.2, 0.25) is 0 Å². The zero-order valence-electron chi connectivity index (χ0n) is 10.7. The SMILES string of the molecule is Cc1cnc(SCC(O)CNCC(C)C)nc1. The highest BCUT2D eigenvalue weighted by Gasteiger charge is 2.06. The Hall–Kier alpha value is -0.650. The molecule has 17 heavy (non-hydrogen) atoms. The lowest BCUT2D eigenvalue weighted by Crippen LogP contribution is -2.31. The Labute approximate surface area is 107 Å². The van der Waals surface area contributed by atoms with E-state index in [0.29, 0.717) is 18.2 Å². The van der Waals surface area contributed by atoms with E-state index in [9.17, 15) is 5.11 Å². The Morgan fingerprint density at radius 1 is 1.29 bits per heavy atom. The second kappa shape index (κ2) is 7.63. The quantitative estimate of drug-likeness (QED) is 0.571. The number of aromatic nitrogens is 2. The number of aliphatic hydroxyl groups is 1. The van der Waals surface area contributed by atoms with Crippen LogP contribution in [0.1, 0.15) is 19.4 Å². The van der Waals surface area contributed by atoms with Gasteiger partial charge in [-0.15, -0.1) is 0 Å². The predicted octanol–water partition coefficient (Wildman–Crippen LogP) is 1.48. The van der Waals surface area contributed by atoms with Crippen molar-refractivity contribution in [3.8, 4) is 0 Å². The molecule has 0 fully saturated rings. The fourth-order valence-electron chi connectivity index (χ4n) is 1.22. The third-order valence-electron chi connectivity index (χ3n) is 2.09. The van der Waals surface area contributed by atoms with Crippen molar-refractivity contribution in [2.24, 2.45) is 5.92 Å². The van der Waals surface area contributed by atoms with E-state index >= 15 is 0 Å². The van der Waals surface area contributed by atoms with E-state index in [-0.39, 0.29) is 6.10 Å². The van der Waals surface area contributed by atoms with E-state index in [1.54, 1.807) is 12.4 Å². The van der Waals surface area contributed by atoms with Crippen LogP contribution in [0.25, 0.3) is 0 Å². The molecule has 0 aliphatic heterocycles. The molecule has 96 valence electrons. The normalized spacial score (nSPS) is 13.0. The molecule has 5 heteroatoms. The molecule has 1 aromatic rings. The number of hydrogen-bond donors (Lipinski definition) is 2. The summed E-state index contributed by atoms with van der Waals surface area (Å²) in [5, 5.41) is 13.7. The number of aliphatic hydroxyl groups excluding tert-OH is 1. The summed E-state index contributed by atoms with van der Waals surface area (Å²) in [6.07, 6.45) is 3.22. The summed E-state index contributed by atoms with van der Waals surface area (Å²) in [7, 11) is 0. The van der Waals surface area contributed by atoms with Gasteiger partial charge >= 0.3 is 0 Å². The molecule has 1 unspecified atom stereocenters. The average Bonchev–Trinajstić information content (AvgIpc) is 2.28. The molecule has 4 nitrogen and oxygen atoms in total. The lowest BCUT2D eigenvalue weighted by Gasteiger charge is -2.12. The molecule has 0 saturated heterocycles. The summed E-state index contributed by atoms with van der Waals surface area (Å²) in [5.74, 6) is 1.23. The summed E-state index contributed by atoms with van der Waals surface area (Å²) >= 11 is 1.48. The Kier molecular flexibility index (Phi) is 6.47. The summed E-state index contributed by atoms with van der Waals surface area (Å²) in [6, 6.07) is 0. The minimum absolute atomic E-state index is 0.358. The number of rotatable bonds is 7. The third kappa shape index (κ3) is 6.61. The third-order valence-corrected chi connectivity index (χ3v) is 3.12. The molecule has 0 aliphatic carbocycles. The number of aryl methyl sites for hydroxylation is 1. The van der Waals surface area contributed by atoms with Gasteiger partial charge in [0.15, 0.2) is 5.16 Å². The smallest absolute Gasteiger partial charge is 0.187 e. The highest BCUT2D eigenvalue weighted by molar-refractivity contribution is 7.99. The first-order valence-electron chi connectivity index (χ1n) is 5.88. The molecule has 2 N–H and O–H groups in total. The number of hydrogen-bond acceptors (Lipinski definition) is 5. The number of thioether (sulfide) groups is 1. The first-order chi connectivity index (χ1) is 8.08. The van der Waals surface area contributed by atoms with E-state index in [1.165, 1.54) is 11.8 Å². The van der Waals surface area contributed by atoms with Crippen LogP contribution >= 0.6 is 11.8 Å². The summed E-state index contributed by atoms with van der Waals surface area (Å²) in [6.45, 7) is 7.81. The number of nitrogens with zero attached hydrogens (tertiary/aromatic N) is 2. The molecule has 1 rings (SSSR count). The zero-order chi connectivity index (χ0) is 12.7. The predicted molar refractivity (Wildman–Crippen MR) is 71.2 cm³/mol. The van der Waals surface area contributed by atoms with E-state index in [1.807, 2.05) is 6.92 Å². The van der Waals surface area contributed by atoms with Crippen LogP contribution < -0.4 is 5.32 Å². The maximum atomic E-state index is 9.74. The van der Waals surface area contributed by atoms with Crippen LogP contribution in [0.3, 0.4) is 0 Å². The van der Waals surface area contributed by atoms with Gasteiger partial charge in [-0.2, -0.15) is 0 Å². The average molecular weight is 255 g/mol. The Morgan fingerprint density at radius 2 is 1.94 bits per heavy atom. The van der Waals surface area contributed by atoms with Gasteiger partial charge in [0, 0.05) is 24.7 Å². The van der Waals surface area contributed by atoms with Gasteiger partial charge in [-0.25, -0.2) is 9.97 Å². The van der Waals surface area contributed by atoms with Crippen molar-refractivity contribution in [3.05, 3.63) is 18.0 Å². The molecule has 1 atom stereocenters. The molecule has 1 aromatic heterocycles. The molecule has 0 bridgehead atoms. The molecule has 0 amide bonds. The van der Waals surface area contributed by atoms with Crippen LogP contribution in [0.5, 0.6) is 0 Å². The van der Waals surface area contributed by atoms with Crippen LogP contribution in [-0.4, -0.2) is 40.0 Å². The second-order valence-electron chi connectivity index (χ2n) is 4.56.